The number of hydrogen-bond acceptors (Lipinski definition) is 2. The summed E-state index contributed by atoms with van der Waals surface area (Å²) >= 11 is 3.33. The van der Waals surface area contributed by atoms with Gasteiger partial charge in [0, 0.05) is 18.8 Å². The Bertz CT molecular complexity index is 672. The average molecular weight is 349 g/mol. The predicted octanol–water partition coefficient (Wildman–Crippen LogP) is 4.38. The first-order valence-electron chi connectivity index (χ1n) is 7.14. The van der Waals surface area contributed by atoms with Crippen molar-refractivity contribution < 1.29 is 4.39 Å². The van der Waals surface area contributed by atoms with Gasteiger partial charge in [0.05, 0.1) is 10.2 Å². The summed E-state index contributed by atoms with van der Waals surface area (Å²) in [4.78, 5) is 2.07. The maximum atomic E-state index is 14.7. The third-order valence-electron chi connectivity index (χ3n) is 4.00. The molecule has 0 aromatic heterocycles. The van der Waals surface area contributed by atoms with Gasteiger partial charge in [0.1, 0.15) is 0 Å². The molecule has 1 atom stereocenters. The van der Waals surface area contributed by atoms with E-state index < -0.39 is 0 Å². The number of rotatable bonds is 2. The Kier molecular flexibility index (Phi) is 4.00. The maximum absolute atomic E-state index is 14.7. The highest BCUT2D eigenvalue weighted by Gasteiger charge is 2.25. The molecule has 2 nitrogen and oxygen atoms in total. The van der Waals surface area contributed by atoms with Gasteiger partial charge in [0.25, 0.3) is 0 Å². The molecule has 2 aromatic carbocycles. The Balaban J connectivity index is 2.11. The van der Waals surface area contributed by atoms with Crippen LogP contribution in [0, 0.1) is 11.7 Å². The second kappa shape index (κ2) is 5.78. The molecule has 0 saturated carbocycles. The molecule has 0 amide bonds. The van der Waals surface area contributed by atoms with Gasteiger partial charge in [-0.2, -0.15) is 0 Å². The topological polar surface area (TPSA) is 29.3 Å². The van der Waals surface area contributed by atoms with Gasteiger partial charge in [0.15, 0.2) is 5.82 Å². The van der Waals surface area contributed by atoms with Crippen LogP contribution >= 0.6 is 15.9 Å². The predicted molar refractivity (Wildman–Crippen MR) is 88.3 cm³/mol. The molecule has 0 aliphatic carbocycles. The quantitative estimate of drug-likeness (QED) is 0.872. The Morgan fingerprint density at radius 1 is 1.24 bits per heavy atom. The number of hydrogen-bond donors (Lipinski definition) is 1. The van der Waals surface area contributed by atoms with E-state index in [2.05, 4.69) is 39.9 Å². The summed E-state index contributed by atoms with van der Waals surface area (Å²) in [7, 11) is 0. The van der Waals surface area contributed by atoms with Crippen molar-refractivity contribution in [1.82, 2.24) is 0 Å². The standard InChI is InChI=1S/C17H18BrFN2/c1-11-8-12-4-2-3-5-14(12)21(10-11)15-7-6-13(9-20)16(18)17(15)19/h2-7,11H,8-10,20H2,1H3. The molecule has 21 heavy (non-hydrogen) atoms. The van der Waals surface area contributed by atoms with Gasteiger partial charge in [-0.25, -0.2) is 4.39 Å². The lowest BCUT2D eigenvalue weighted by atomic mass is 9.93. The second-order valence-electron chi connectivity index (χ2n) is 5.62. The van der Waals surface area contributed by atoms with E-state index in [1.54, 1.807) is 0 Å². The zero-order valence-electron chi connectivity index (χ0n) is 11.9. The average Bonchev–Trinajstić information content (AvgIpc) is 2.49. The van der Waals surface area contributed by atoms with Gasteiger partial charge in [-0.15, -0.1) is 0 Å². The van der Waals surface area contributed by atoms with Crippen LogP contribution in [0.5, 0.6) is 0 Å². The monoisotopic (exact) mass is 348 g/mol. The van der Waals surface area contributed by atoms with Crippen molar-refractivity contribution >= 4 is 27.3 Å². The summed E-state index contributed by atoms with van der Waals surface area (Å²) in [5.41, 5.74) is 9.40. The largest absolute Gasteiger partial charge is 0.339 e. The summed E-state index contributed by atoms with van der Waals surface area (Å²) in [6, 6.07) is 12.0. The first-order valence-corrected chi connectivity index (χ1v) is 7.93. The summed E-state index contributed by atoms with van der Waals surface area (Å²) in [6.07, 6.45) is 1.04. The van der Waals surface area contributed by atoms with E-state index in [0.29, 0.717) is 22.6 Å². The molecule has 0 bridgehead atoms. The van der Waals surface area contributed by atoms with Gasteiger partial charge in [0.2, 0.25) is 0 Å². The molecule has 0 fully saturated rings. The van der Waals surface area contributed by atoms with Crippen molar-refractivity contribution in [3.05, 3.63) is 57.8 Å². The minimum atomic E-state index is -0.234. The van der Waals surface area contributed by atoms with Crippen molar-refractivity contribution in [1.29, 1.82) is 0 Å². The molecule has 0 radical (unpaired) electrons. The normalized spacial score (nSPS) is 17.7. The molecule has 2 aromatic rings. The number of nitrogens with zero attached hydrogens (tertiary/aromatic N) is 1. The van der Waals surface area contributed by atoms with E-state index in [9.17, 15) is 4.39 Å². The van der Waals surface area contributed by atoms with E-state index >= 15 is 0 Å². The first-order chi connectivity index (χ1) is 10.1. The minimum absolute atomic E-state index is 0.234. The molecule has 1 aliphatic heterocycles. The van der Waals surface area contributed by atoms with Crippen molar-refractivity contribution in [3.63, 3.8) is 0 Å². The molecule has 4 heteroatoms. The number of anilines is 2. The Morgan fingerprint density at radius 3 is 2.76 bits per heavy atom. The second-order valence-corrected chi connectivity index (χ2v) is 6.42. The highest BCUT2D eigenvalue weighted by Crippen LogP contribution is 2.38. The van der Waals surface area contributed by atoms with Crippen molar-refractivity contribution in [3.8, 4) is 0 Å². The number of fused-ring (bicyclic) bond motifs is 1. The van der Waals surface area contributed by atoms with Gasteiger partial charge in [-0.1, -0.05) is 31.2 Å². The van der Waals surface area contributed by atoms with Crippen LogP contribution in [0.4, 0.5) is 15.8 Å². The van der Waals surface area contributed by atoms with Crippen LogP contribution in [0.3, 0.4) is 0 Å². The highest BCUT2D eigenvalue weighted by atomic mass is 79.9. The Hall–Kier alpha value is -1.39. The van der Waals surface area contributed by atoms with Gasteiger partial charge < -0.3 is 10.6 Å². The highest BCUT2D eigenvalue weighted by molar-refractivity contribution is 9.10. The third-order valence-corrected chi connectivity index (χ3v) is 4.86. The van der Waals surface area contributed by atoms with Crippen LogP contribution in [-0.4, -0.2) is 6.54 Å². The molecular weight excluding hydrogens is 331 g/mol. The molecule has 2 N–H and O–H groups in total. The fourth-order valence-electron chi connectivity index (χ4n) is 2.97. The SMILES string of the molecule is CC1Cc2ccccc2N(c2ccc(CN)c(Br)c2F)C1. The van der Waals surface area contributed by atoms with E-state index in [1.165, 1.54) is 5.56 Å². The van der Waals surface area contributed by atoms with E-state index in [-0.39, 0.29) is 5.82 Å². The van der Waals surface area contributed by atoms with E-state index in [0.717, 1.165) is 24.2 Å². The summed E-state index contributed by atoms with van der Waals surface area (Å²) in [6.45, 7) is 3.34. The third kappa shape index (κ3) is 2.58. The summed E-state index contributed by atoms with van der Waals surface area (Å²) < 4.78 is 15.2. The number of halogens is 2. The van der Waals surface area contributed by atoms with Crippen LogP contribution in [0.15, 0.2) is 40.9 Å². The lowest BCUT2D eigenvalue weighted by Gasteiger charge is -2.35. The van der Waals surface area contributed by atoms with Crippen LogP contribution < -0.4 is 10.6 Å². The van der Waals surface area contributed by atoms with Gasteiger partial charge in [-0.05, 0) is 51.5 Å². The number of para-hydroxylation sites is 1. The molecule has 1 aliphatic rings. The molecule has 3 rings (SSSR count). The van der Waals surface area contributed by atoms with Crippen molar-refractivity contribution in [2.24, 2.45) is 11.7 Å². The molecular formula is C17H18BrFN2. The Labute approximate surface area is 132 Å². The zero-order chi connectivity index (χ0) is 15.0. The van der Waals surface area contributed by atoms with Crippen LogP contribution in [0.2, 0.25) is 0 Å². The van der Waals surface area contributed by atoms with Crippen LogP contribution in [0.1, 0.15) is 18.1 Å². The number of nitrogens with two attached hydrogens (primary N) is 1. The summed E-state index contributed by atoms with van der Waals surface area (Å²) in [5.74, 6) is 0.258. The molecule has 0 spiro atoms. The van der Waals surface area contributed by atoms with E-state index in [4.69, 9.17) is 5.73 Å². The van der Waals surface area contributed by atoms with Crippen molar-refractivity contribution in [2.45, 2.75) is 19.9 Å². The van der Waals surface area contributed by atoms with Crippen LogP contribution in [0.25, 0.3) is 0 Å². The first kappa shape index (κ1) is 14.5. The molecule has 110 valence electrons. The molecule has 1 unspecified atom stereocenters. The molecule has 0 saturated heterocycles. The van der Waals surface area contributed by atoms with Gasteiger partial charge in [-0.3, -0.25) is 0 Å². The number of benzene rings is 2. The fourth-order valence-corrected chi connectivity index (χ4v) is 3.47. The zero-order valence-corrected chi connectivity index (χ0v) is 13.5. The van der Waals surface area contributed by atoms with E-state index in [1.807, 2.05) is 24.3 Å². The lowest BCUT2D eigenvalue weighted by molar-refractivity contribution is 0.550. The smallest absolute Gasteiger partial charge is 0.161 e. The molecule has 1 heterocycles. The Morgan fingerprint density at radius 2 is 2.00 bits per heavy atom. The van der Waals surface area contributed by atoms with Crippen LogP contribution in [-0.2, 0) is 13.0 Å². The minimum Gasteiger partial charge on any atom is -0.339 e. The summed E-state index contributed by atoms with van der Waals surface area (Å²) in [5, 5.41) is 0. The van der Waals surface area contributed by atoms with Gasteiger partial charge >= 0.3 is 0 Å². The fraction of sp³-hybridized carbons (Fsp3) is 0.294. The maximum Gasteiger partial charge on any atom is 0.161 e. The lowest BCUT2D eigenvalue weighted by Crippen LogP contribution is -2.31. The van der Waals surface area contributed by atoms with Crippen molar-refractivity contribution in [2.75, 3.05) is 11.4 Å².